The van der Waals surface area contributed by atoms with E-state index in [-0.39, 0.29) is 11.7 Å². The molecule has 0 N–H and O–H groups in total. The number of piperazine rings is 1. The minimum atomic E-state index is -3.14. The number of carbonyl (C=O) groups excluding carboxylic acids is 1. The van der Waals surface area contributed by atoms with Gasteiger partial charge in [-0.25, -0.2) is 8.42 Å². The molecule has 0 unspecified atom stereocenters. The van der Waals surface area contributed by atoms with Crippen molar-refractivity contribution in [3.8, 4) is 0 Å². The minimum absolute atomic E-state index is 0.124. The Hall–Kier alpha value is -0.700. The zero-order valence-corrected chi connectivity index (χ0v) is 14.2. The van der Waals surface area contributed by atoms with Crippen LogP contribution in [-0.4, -0.2) is 93.2 Å². The van der Waals surface area contributed by atoms with Crippen molar-refractivity contribution in [1.29, 1.82) is 0 Å². The van der Waals surface area contributed by atoms with Crippen LogP contribution in [0.2, 0.25) is 0 Å². The molecule has 7 nitrogen and oxygen atoms in total. The van der Waals surface area contributed by atoms with Gasteiger partial charge in [0.2, 0.25) is 15.9 Å². The maximum Gasteiger partial charge on any atom is 0.223 e. The molecular weight excluding hydrogens is 306 g/mol. The average Bonchev–Trinajstić information content (AvgIpc) is 2.54. The molecule has 0 spiro atoms. The zero-order chi connectivity index (χ0) is 16.0. The molecule has 2 rings (SSSR count). The van der Waals surface area contributed by atoms with Gasteiger partial charge in [0, 0.05) is 52.2 Å². The smallest absolute Gasteiger partial charge is 0.223 e. The highest BCUT2D eigenvalue weighted by Crippen LogP contribution is 2.10. The first kappa shape index (κ1) is 17.7. The van der Waals surface area contributed by atoms with Crippen molar-refractivity contribution in [1.82, 2.24) is 14.1 Å². The first-order valence-electron chi connectivity index (χ1n) is 8.08. The topological polar surface area (TPSA) is 70.2 Å². The van der Waals surface area contributed by atoms with Gasteiger partial charge in [-0.1, -0.05) is 6.92 Å². The lowest BCUT2D eigenvalue weighted by atomic mass is 10.3. The second-order valence-corrected chi connectivity index (χ2v) is 7.89. The summed E-state index contributed by atoms with van der Waals surface area (Å²) in [5.74, 6) is 0.317. The van der Waals surface area contributed by atoms with E-state index < -0.39 is 10.0 Å². The minimum Gasteiger partial charge on any atom is -0.379 e. The number of carbonyl (C=O) groups is 1. The first-order valence-corrected chi connectivity index (χ1v) is 9.69. The molecule has 0 aromatic rings. The summed E-state index contributed by atoms with van der Waals surface area (Å²) in [4.78, 5) is 16.3. The molecule has 0 aliphatic carbocycles. The van der Waals surface area contributed by atoms with Crippen LogP contribution in [0.3, 0.4) is 0 Å². The largest absolute Gasteiger partial charge is 0.379 e. The number of morpholine rings is 1. The van der Waals surface area contributed by atoms with E-state index in [1.54, 1.807) is 4.90 Å². The molecule has 0 bridgehead atoms. The fraction of sp³-hybridized carbons (Fsp3) is 0.929. The molecule has 0 saturated carbocycles. The van der Waals surface area contributed by atoms with Crippen molar-refractivity contribution < 1.29 is 17.9 Å². The maximum absolute atomic E-state index is 12.2. The fourth-order valence-electron chi connectivity index (χ4n) is 2.84. The highest BCUT2D eigenvalue weighted by Gasteiger charge is 2.28. The summed E-state index contributed by atoms with van der Waals surface area (Å²) in [7, 11) is -3.14. The molecule has 2 aliphatic rings. The van der Waals surface area contributed by atoms with Crippen LogP contribution in [0.1, 0.15) is 19.8 Å². The van der Waals surface area contributed by atoms with Crippen molar-refractivity contribution >= 4 is 15.9 Å². The maximum atomic E-state index is 12.2. The Morgan fingerprint density at radius 1 is 1.05 bits per heavy atom. The lowest BCUT2D eigenvalue weighted by Crippen LogP contribution is -2.51. The molecule has 22 heavy (non-hydrogen) atoms. The van der Waals surface area contributed by atoms with Crippen LogP contribution in [-0.2, 0) is 19.6 Å². The Morgan fingerprint density at radius 3 is 2.27 bits per heavy atom. The van der Waals surface area contributed by atoms with Gasteiger partial charge < -0.3 is 9.64 Å². The molecule has 8 heteroatoms. The third-order valence-corrected chi connectivity index (χ3v) is 6.27. The third kappa shape index (κ3) is 4.91. The second-order valence-electron chi connectivity index (χ2n) is 5.80. The normalized spacial score (nSPS) is 22.0. The van der Waals surface area contributed by atoms with Crippen LogP contribution in [0.4, 0.5) is 0 Å². The third-order valence-electron chi connectivity index (χ3n) is 4.19. The van der Waals surface area contributed by atoms with E-state index in [2.05, 4.69) is 4.90 Å². The highest BCUT2D eigenvalue weighted by atomic mass is 32.2. The monoisotopic (exact) mass is 333 g/mol. The van der Waals surface area contributed by atoms with Crippen LogP contribution in [0, 0.1) is 0 Å². The van der Waals surface area contributed by atoms with E-state index in [0.717, 1.165) is 32.8 Å². The Labute approximate surface area is 133 Å². The van der Waals surface area contributed by atoms with Gasteiger partial charge in [0.25, 0.3) is 0 Å². The second kappa shape index (κ2) is 8.24. The predicted octanol–water partition coefficient (Wildman–Crippen LogP) is -0.407. The predicted molar refractivity (Wildman–Crippen MR) is 84.1 cm³/mol. The van der Waals surface area contributed by atoms with Gasteiger partial charge in [0.15, 0.2) is 0 Å². The number of ether oxygens (including phenoxy) is 1. The summed E-state index contributed by atoms with van der Waals surface area (Å²) < 4.78 is 30.8. The van der Waals surface area contributed by atoms with E-state index in [0.29, 0.717) is 39.0 Å². The molecule has 2 heterocycles. The number of nitrogens with zero attached hydrogens (tertiary/aromatic N) is 3. The quantitative estimate of drug-likeness (QED) is 0.661. The lowest BCUT2D eigenvalue weighted by molar-refractivity contribution is -0.133. The van der Waals surface area contributed by atoms with Gasteiger partial charge >= 0.3 is 0 Å². The Kier molecular flexibility index (Phi) is 6.61. The number of amides is 1. The molecule has 0 atom stereocenters. The van der Waals surface area contributed by atoms with Gasteiger partial charge in [-0.3, -0.25) is 9.69 Å². The molecule has 0 aromatic carbocycles. The van der Waals surface area contributed by atoms with Crippen LogP contribution in [0.25, 0.3) is 0 Å². The zero-order valence-electron chi connectivity index (χ0n) is 13.4. The Morgan fingerprint density at radius 2 is 1.68 bits per heavy atom. The van der Waals surface area contributed by atoms with E-state index in [1.165, 1.54) is 4.31 Å². The summed E-state index contributed by atoms with van der Waals surface area (Å²) in [6.07, 6.45) is 1.13. The van der Waals surface area contributed by atoms with Gasteiger partial charge in [0.05, 0.1) is 19.0 Å². The Bertz CT molecular complexity index is 455. The molecule has 1 amide bonds. The van der Waals surface area contributed by atoms with Gasteiger partial charge in [-0.2, -0.15) is 4.31 Å². The SMILES string of the molecule is CCCS(=O)(=O)N1CCN(C(=O)CCN2CCOCC2)CC1. The van der Waals surface area contributed by atoms with Crippen LogP contribution >= 0.6 is 0 Å². The fourth-order valence-corrected chi connectivity index (χ4v) is 4.33. The molecular formula is C14H27N3O4S. The summed E-state index contributed by atoms with van der Waals surface area (Å²) in [5, 5.41) is 0. The van der Waals surface area contributed by atoms with Gasteiger partial charge in [-0.05, 0) is 6.42 Å². The number of sulfonamides is 1. The van der Waals surface area contributed by atoms with Crippen LogP contribution < -0.4 is 0 Å². The highest BCUT2D eigenvalue weighted by molar-refractivity contribution is 7.89. The first-order chi connectivity index (χ1) is 10.5. The van der Waals surface area contributed by atoms with E-state index >= 15 is 0 Å². The van der Waals surface area contributed by atoms with Crippen molar-refractivity contribution in [2.45, 2.75) is 19.8 Å². The number of hydrogen-bond acceptors (Lipinski definition) is 5. The standard InChI is InChI=1S/C14H27N3O4S/c1-2-13-22(19,20)17-7-5-16(6-8-17)14(18)3-4-15-9-11-21-12-10-15/h2-13H2,1H3. The summed E-state index contributed by atoms with van der Waals surface area (Å²) in [6, 6.07) is 0. The van der Waals surface area contributed by atoms with Crippen LogP contribution in [0.5, 0.6) is 0 Å². The molecule has 2 saturated heterocycles. The molecule has 0 aromatic heterocycles. The summed E-state index contributed by atoms with van der Waals surface area (Å²) >= 11 is 0. The summed E-state index contributed by atoms with van der Waals surface area (Å²) in [5.41, 5.74) is 0. The van der Waals surface area contributed by atoms with Crippen molar-refractivity contribution in [2.75, 3.05) is 64.8 Å². The van der Waals surface area contributed by atoms with Gasteiger partial charge in [0.1, 0.15) is 0 Å². The molecule has 0 radical (unpaired) electrons. The molecule has 128 valence electrons. The molecule has 2 fully saturated rings. The number of hydrogen-bond donors (Lipinski definition) is 0. The lowest BCUT2D eigenvalue weighted by Gasteiger charge is -2.34. The molecule has 2 aliphatic heterocycles. The van der Waals surface area contributed by atoms with Crippen LogP contribution in [0.15, 0.2) is 0 Å². The average molecular weight is 333 g/mol. The van der Waals surface area contributed by atoms with E-state index in [1.807, 2.05) is 6.92 Å². The van der Waals surface area contributed by atoms with Crippen molar-refractivity contribution in [3.05, 3.63) is 0 Å². The number of rotatable bonds is 6. The van der Waals surface area contributed by atoms with Gasteiger partial charge in [-0.15, -0.1) is 0 Å². The Balaban J connectivity index is 1.72. The van der Waals surface area contributed by atoms with Crippen molar-refractivity contribution in [2.24, 2.45) is 0 Å². The van der Waals surface area contributed by atoms with E-state index in [4.69, 9.17) is 4.74 Å². The van der Waals surface area contributed by atoms with E-state index in [9.17, 15) is 13.2 Å². The summed E-state index contributed by atoms with van der Waals surface area (Å²) in [6.45, 7) is 7.73. The van der Waals surface area contributed by atoms with Crippen molar-refractivity contribution in [3.63, 3.8) is 0 Å².